The average Bonchev–Trinajstić information content (AvgIpc) is 3.46. The lowest BCUT2D eigenvalue weighted by molar-refractivity contribution is -0.385. The quantitative estimate of drug-likeness (QED) is 0.458. The first kappa shape index (κ1) is 22.1. The van der Waals surface area contributed by atoms with Crippen molar-refractivity contribution >= 4 is 32.7 Å². The van der Waals surface area contributed by atoms with Crippen LogP contribution in [0.25, 0.3) is 0 Å². The molecule has 0 spiro atoms. The van der Waals surface area contributed by atoms with Gasteiger partial charge in [-0.05, 0) is 25.3 Å². The van der Waals surface area contributed by atoms with Crippen molar-refractivity contribution in [3.63, 3.8) is 0 Å². The molecule has 2 aliphatic rings. The molecule has 0 bridgehead atoms. The molecular weight excluding hydrogens is 438 g/mol. The first-order valence-corrected chi connectivity index (χ1v) is 12.9. The molecule has 2 saturated heterocycles. The molecule has 2 fully saturated rings. The third-order valence-electron chi connectivity index (χ3n) is 5.84. The van der Waals surface area contributed by atoms with E-state index in [9.17, 15) is 18.5 Å². The molecule has 0 atom stereocenters. The number of benzene rings is 1. The summed E-state index contributed by atoms with van der Waals surface area (Å²) in [6.07, 6.45) is 2.57. The number of anilines is 1. The van der Waals surface area contributed by atoms with Crippen molar-refractivity contribution in [3.8, 4) is 0 Å². The first-order chi connectivity index (χ1) is 14.9. The number of hydrogen-bond donors (Lipinski definition) is 0. The molecule has 4 rings (SSSR count). The van der Waals surface area contributed by atoms with Gasteiger partial charge in [-0.25, -0.2) is 13.4 Å². The molecule has 0 amide bonds. The molecule has 2 aromatic rings. The van der Waals surface area contributed by atoms with Gasteiger partial charge in [-0.1, -0.05) is 6.92 Å². The molecule has 1 aromatic carbocycles. The summed E-state index contributed by atoms with van der Waals surface area (Å²) in [6, 6.07) is 4.20. The molecule has 168 valence electrons. The molecule has 0 saturated carbocycles. The summed E-state index contributed by atoms with van der Waals surface area (Å²) in [7, 11) is -3.77. The van der Waals surface area contributed by atoms with E-state index in [-0.39, 0.29) is 10.6 Å². The van der Waals surface area contributed by atoms with Gasteiger partial charge in [0.05, 0.1) is 21.3 Å². The predicted molar refractivity (Wildman–Crippen MR) is 120 cm³/mol. The van der Waals surface area contributed by atoms with Crippen molar-refractivity contribution in [2.75, 3.05) is 44.2 Å². The number of sulfonamides is 1. The fraction of sp³-hybridized carbons (Fsp3) is 0.550. The van der Waals surface area contributed by atoms with Crippen LogP contribution >= 0.6 is 11.3 Å². The number of nitro groups is 1. The van der Waals surface area contributed by atoms with Crippen molar-refractivity contribution in [1.29, 1.82) is 0 Å². The van der Waals surface area contributed by atoms with Gasteiger partial charge in [-0.3, -0.25) is 15.0 Å². The Morgan fingerprint density at radius 1 is 1.13 bits per heavy atom. The van der Waals surface area contributed by atoms with Crippen LogP contribution in [0.15, 0.2) is 28.5 Å². The number of non-ortho nitro benzene ring substituents is 1. The highest BCUT2D eigenvalue weighted by Gasteiger charge is 2.33. The van der Waals surface area contributed by atoms with E-state index in [1.54, 1.807) is 17.4 Å². The lowest BCUT2D eigenvalue weighted by atomic mass is 10.2. The Bertz CT molecular complexity index is 1040. The van der Waals surface area contributed by atoms with Gasteiger partial charge in [0.2, 0.25) is 10.0 Å². The van der Waals surface area contributed by atoms with Crippen molar-refractivity contribution in [3.05, 3.63) is 44.4 Å². The molecule has 31 heavy (non-hydrogen) atoms. The first-order valence-electron chi connectivity index (χ1n) is 10.6. The summed E-state index contributed by atoms with van der Waals surface area (Å²) < 4.78 is 28.0. The lowest BCUT2D eigenvalue weighted by Crippen LogP contribution is -2.46. The Hall–Kier alpha value is -2.08. The zero-order chi connectivity index (χ0) is 22.0. The van der Waals surface area contributed by atoms with Crippen LogP contribution in [-0.2, 0) is 23.0 Å². The van der Waals surface area contributed by atoms with Crippen molar-refractivity contribution in [2.45, 2.75) is 37.6 Å². The number of nitro benzene ring substituents is 1. The molecule has 3 heterocycles. The predicted octanol–water partition coefficient (Wildman–Crippen LogP) is 2.72. The molecule has 11 heteroatoms. The highest BCUT2D eigenvalue weighted by atomic mass is 32.2. The standard InChI is InChI=1S/C20H27N5O4S2/c1-2-20-21-16(15-30-20)14-22-9-11-23(12-10-22)18-6-5-17(25(26)27)13-19(18)31(28,29)24-7-3-4-8-24/h5-6,13,15H,2-4,7-12,14H2,1H3. The van der Waals surface area contributed by atoms with Crippen molar-refractivity contribution < 1.29 is 13.3 Å². The molecule has 0 radical (unpaired) electrons. The maximum Gasteiger partial charge on any atom is 0.270 e. The van der Waals surface area contributed by atoms with Gasteiger partial charge in [-0.2, -0.15) is 4.31 Å². The number of rotatable bonds is 7. The van der Waals surface area contributed by atoms with Crippen LogP contribution in [0.4, 0.5) is 11.4 Å². The molecule has 0 unspecified atom stereocenters. The van der Waals surface area contributed by atoms with Crippen LogP contribution < -0.4 is 4.90 Å². The maximum atomic E-state index is 13.3. The zero-order valence-corrected chi connectivity index (χ0v) is 19.2. The van der Waals surface area contributed by atoms with Gasteiger partial charge >= 0.3 is 0 Å². The number of aryl methyl sites for hydroxylation is 1. The molecular formula is C20H27N5O4S2. The summed E-state index contributed by atoms with van der Waals surface area (Å²) in [4.78, 5) is 19.8. The fourth-order valence-corrected chi connectivity index (χ4v) is 6.60. The minimum absolute atomic E-state index is 0.0455. The van der Waals surface area contributed by atoms with E-state index in [0.29, 0.717) is 31.9 Å². The van der Waals surface area contributed by atoms with Crippen LogP contribution in [0.1, 0.15) is 30.5 Å². The van der Waals surface area contributed by atoms with Crippen LogP contribution in [0, 0.1) is 10.1 Å². The number of aromatic nitrogens is 1. The Balaban J connectivity index is 1.53. The van der Waals surface area contributed by atoms with Crippen LogP contribution in [0.3, 0.4) is 0 Å². The second kappa shape index (κ2) is 9.19. The van der Waals surface area contributed by atoms with E-state index in [1.807, 2.05) is 4.90 Å². The van der Waals surface area contributed by atoms with E-state index >= 15 is 0 Å². The maximum absolute atomic E-state index is 13.3. The zero-order valence-electron chi connectivity index (χ0n) is 17.6. The van der Waals surface area contributed by atoms with Crippen LogP contribution in [0.2, 0.25) is 0 Å². The minimum atomic E-state index is -3.77. The van der Waals surface area contributed by atoms with Gasteiger partial charge < -0.3 is 4.90 Å². The molecule has 2 aliphatic heterocycles. The smallest absolute Gasteiger partial charge is 0.270 e. The van der Waals surface area contributed by atoms with Gasteiger partial charge in [-0.15, -0.1) is 11.3 Å². The SMILES string of the molecule is CCc1nc(CN2CCN(c3ccc([N+](=O)[O-])cc3S(=O)(=O)N3CCCC3)CC2)cs1. The Labute approximate surface area is 186 Å². The Kier molecular flexibility index (Phi) is 6.56. The molecule has 0 aliphatic carbocycles. The van der Waals surface area contributed by atoms with Gasteiger partial charge in [0.15, 0.2) is 0 Å². The average molecular weight is 466 g/mol. The summed E-state index contributed by atoms with van der Waals surface area (Å²) in [5.41, 5.74) is 1.43. The summed E-state index contributed by atoms with van der Waals surface area (Å²) >= 11 is 1.68. The van der Waals surface area contributed by atoms with E-state index in [1.165, 1.54) is 16.4 Å². The molecule has 0 N–H and O–H groups in total. The van der Waals surface area contributed by atoms with Gasteiger partial charge in [0, 0.05) is 63.3 Å². The third-order valence-corrected chi connectivity index (χ3v) is 8.81. The molecule has 9 nitrogen and oxygen atoms in total. The number of thiazole rings is 1. The van der Waals surface area contributed by atoms with E-state index in [2.05, 4.69) is 22.2 Å². The molecule has 1 aromatic heterocycles. The monoisotopic (exact) mass is 465 g/mol. The summed E-state index contributed by atoms with van der Waals surface area (Å²) in [5.74, 6) is 0. The van der Waals surface area contributed by atoms with Crippen LogP contribution in [-0.4, -0.2) is 66.8 Å². The number of hydrogen-bond acceptors (Lipinski definition) is 8. The van der Waals surface area contributed by atoms with Gasteiger partial charge in [0.25, 0.3) is 5.69 Å². The second-order valence-corrected chi connectivity index (χ2v) is 10.7. The Morgan fingerprint density at radius 3 is 2.45 bits per heavy atom. The number of piperazine rings is 1. The Morgan fingerprint density at radius 2 is 1.84 bits per heavy atom. The highest BCUT2D eigenvalue weighted by molar-refractivity contribution is 7.89. The van der Waals surface area contributed by atoms with E-state index in [0.717, 1.165) is 49.6 Å². The van der Waals surface area contributed by atoms with E-state index < -0.39 is 14.9 Å². The fourth-order valence-electron chi connectivity index (χ4n) is 4.11. The number of nitrogens with zero attached hydrogens (tertiary/aromatic N) is 5. The van der Waals surface area contributed by atoms with Crippen molar-refractivity contribution in [1.82, 2.24) is 14.2 Å². The van der Waals surface area contributed by atoms with Crippen LogP contribution in [0.5, 0.6) is 0 Å². The topological polar surface area (TPSA) is 99.9 Å². The second-order valence-electron chi connectivity index (χ2n) is 7.87. The van der Waals surface area contributed by atoms with E-state index in [4.69, 9.17) is 0 Å². The summed E-state index contributed by atoms with van der Waals surface area (Å²) in [6.45, 7) is 6.68. The third kappa shape index (κ3) is 4.74. The minimum Gasteiger partial charge on any atom is -0.368 e. The van der Waals surface area contributed by atoms with Gasteiger partial charge in [0.1, 0.15) is 4.90 Å². The summed E-state index contributed by atoms with van der Waals surface area (Å²) in [5, 5.41) is 14.5. The highest BCUT2D eigenvalue weighted by Crippen LogP contribution is 2.33. The largest absolute Gasteiger partial charge is 0.368 e. The lowest BCUT2D eigenvalue weighted by Gasteiger charge is -2.36. The van der Waals surface area contributed by atoms with Crippen molar-refractivity contribution in [2.24, 2.45) is 0 Å². The normalized spacial score (nSPS) is 18.5.